The van der Waals surface area contributed by atoms with E-state index in [0.717, 1.165) is 0 Å². The number of aromatic nitrogens is 1. The Kier molecular flexibility index (Phi) is 5.01. The van der Waals surface area contributed by atoms with Crippen molar-refractivity contribution in [2.75, 3.05) is 26.2 Å². The number of aromatic amines is 1. The Morgan fingerprint density at radius 1 is 0.900 bits per heavy atom. The van der Waals surface area contributed by atoms with Crippen molar-refractivity contribution in [1.82, 2.24) is 14.8 Å². The Labute approximate surface area is 171 Å². The number of non-ortho nitro benzene ring substituents is 1. The van der Waals surface area contributed by atoms with Gasteiger partial charge in [0.25, 0.3) is 23.3 Å². The number of amides is 2. The minimum Gasteiger partial charge on any atom is -0.355 e. The molecule has 1 aromatic heterocycles. The summed E-state index contributed by atoms with van der Waals surface area (Å²) in [6.07, 6.45) is 1.33. The molecule has 2 aromatic carbocycles. The summed E-state index contributed by atoms with van der Waals surface area (Å²) in [7, 11) is 0. The number of H-pyrrole nitrogens is 1. The van der Waals surface area contributed by atoms with E-state index in [1.54, 1.807) is 35.2 Å². The van der Waals surface area contributed by atoms with Gasteiger partial charge in [0.1, 0.15) is 5.52 Å². The monoisotopic (exact) mass is 406 g/mol. The number of ketones is 1. The predicted octanol–water partition coefficient (Wildman–Crippen LogP) is 2.24. The fourth-order valence-electron chi connectivity index (χ4n) is 3.61. The average molecular weight is 406 g/mol. The second-order valence-electron chi connectivity index (χ2n) is 6.94. The summed E-state index contributed by atoms with van der Waals surface area (Å²) in [5, 5.41) is 11.5. The first-order valence-electron chi connectivity index (χ1n) is 9.40. The topological polar surface area (TPSA) is 117 Å². The van der Waals surface area contributed by atoms with Gasteiger partial charge in [0.05, 0.1) is 10.5 Å². The molecule has 1 N–H and O–H groups in total. The molecule has 0 aliphatic carbocycles. The largest absolute Gasteiger partial charge is 0.355 e. The quantitative estimate of drug-likeness (QED) is 0.309. The molecule has 0 bridgehead atoms. The van der Waals surface area contributed by atoms with Crippen LogP contribution in [0.25, 0.3) is 10.9 Å². The van der Waals surface area contributed by atoms with Crippen molar-refractivity contribution >= 4 is 34.2 Å². The van der Waals surface area contributed by atoms with Crippen LogP contribution in [-0.4, -0.2) is 63.5 Å². The highest BCUT2D eigenvalue weighted by atomic mass is 16.6. The van der Waals surface area contributed by atoms with E-state index >= 15 is 0 Å². The van der Waals surface area contributed by atoms with Crippen molar-refractivity contribution in [2.45, 2.75) is 0 Å². The van der Waals surface area contributed by atoms with Gasteiger partial charge in [-0.1, -0.05) is 30.3 Å². The number of piperazine rings is 1. The van der Waals surface area contributed by atoms with Crippen molar-refractivity contribution in [3.8, 4) is 0 Å². The molecular weight excluding hydrogens is 388 g/mol. The van der Waals surface area contributed by atoms with Crippen LogP contribution in [0.2, 0.25) is 0 Å². The highest BCUT2D eigenvalue weighted by Gasteiger charge is 2.30. The fraction of sp³-hybridized carbons (Fsp3) is 0.190. The molecule has 9 heteroatoms. The zero-order chi connectivity index (χ0) is 21.3. The molecule has 1 fully saturated rings. The number of hydrogen-bond acceptors (Lipinski definition) is 5. The number of rotatable bonds is 4. The molecule has 0 radical (unpaired) electrons. The van der Waals surface area contributed by atoms with Gasteiger partial charge in [0.15, 0.2) is 0 Å². The van der Waals surface area contributed by atoms with Crippen LogP contribution < -0.4 is 0 Å². The Balaban J connectivity index is 1.47. The molecule has 9 nitrogen and oxygen atoms in total. The Bertz CT molecular complexity index is 1150. The second kappa shape index (κ2) is 7.78. The lowest BCUT2D eigenvalue weighted by molar-refractivity contribution is -0.383. The highest BCUT2D eigenvalue weighted by Crippen LogP contribution is 2.27. The molecular formula is C21H18N4O5. The molecule has 3 aromatic rings. The molecule has 1 aliphatic rings. The zero-order valence-corrected chi connectivity index (χ0v) is 15.9. The summed E-state index contributed by atoms with van der Waals surface area (Å²) < 4.78 is 0. The third-order valence-electron chi connectivity index (χ3n) is 5.20. The molecule has 152 valence electrons. The van der Waals surface area contributed by atoms with Crippen molar-refractivity contribution in [3.63, 3.8) is 0 Å². The van der Waals surface area contributed by atoms with Gasteiger partial charge in [0, 0.05) is 49.4 Å². The third-order valence-corrected chi connectivity index (χ3v) is 5.20. The van der Waals surface area contributed by atoms with Crippen LogP contribution in [-0.2, 0) is 4.79 Å². The molecule has 30 heavy (non-hydrogen) atoms. The highest BCUT2D eigenvalue weighted by molar-refractivity contribution is 6.45. The van der Waals surface area contributed by atoms with Crippen molar-refractivity contribution in [2.24, 2.45) is 0 Å². The van der Waals surface area contributed by atoms with E-state index in [4.69, 9.17) is 0 Å². The number of fused-ring (bicyclic) bond motifs is 1. The zero-order valence-electron chi connectivity index (χ0n) is 15.9. The number of nitrogens with one attached hydrogen (secondary N) is 1. The molecule has 2 amide bonds. The molecule has 2 heterocycles. The Hall–Kier alpha value is -4.01. The van der Waals surface area contributed by atoms with Gasteiger partial charge in [-0.3, -0.25) is 24.5 Å². The van der Waals surface area contributed by atoms with E-state index in [1.807, 2.05) is 6.07 Å². The normalized spacial score (nSPS) is 14.0. The van der Waals surface area contributed by atoms with Crippen LogP contribution in [0.15, 0.2) is 54.7 Å². The molecule has 0 saturated carbocycles. The maximum atomic E-state index is 12.8. The van der Waals surface area contributed by atoms with E-state index in [-0.39, 0.29) is 35.8 Å². The molecule has 0 unspecified atom stereocenters. The third kappa shape index (κ3) is 3.41. The molecule has 0 atom stereocenters. The van der Waals surface area contributed by atoms with Crippen LogP contribution >= 0.6 is 0 Å². The number of nitro benzene ring substituents is 1. The van der Waals surface area contributed by atoms with Gasteiger partial charge >= 0.3 is 0 Å². The SMILES string of the molecule is O=C(C(=O)N1CCN(C(=O)c2ccccc2)CC1)c1c[nH]c2c([N+](=O)[O-])cccc12. The molecule has 4 rings (SSSR count). The predicted molar refractivity (Wildman–Crippen MR) is 108 cm³/mol. The van der Waals surface area contributed by atoms with Crippen molar-refractivity contribution < 1.29 is 19.3 Å². The van der Waals surface area contributed by atoms with Gasteiger partial charge in [-0.15, -0.1) is 0 Å². The van der Waals surface area contributed by atoms with Gasteiger partial charge in [-0.05, 0) is 12.1 Å². The summed E-state index contributed by atoms with van der Waals surface area (Å²) in [5.41, 5.74) is 0.721. The number of carbonyl (C=O) groups excluding carboxylic acids is 3. The summed E-state index contributed by atoms with van der Waals surface area (Å²) >= 11 is 0. The maximum absolute atomic E-state index is 12.8. The van der Waals surface area contributed by atoms with Gasteiger partial charge < -0.3 is 14.8 Å². The molecule has 1 aliphatic heterocycles. The summed E-state index contributed by atoms with van der Waals surface area (Å²) in [4.78, 5) is 54.4. The lowest BCUT2D eigenvalue weighted by Crippen LogP contribution is -2.52. The minimum atomic E-state index is -0.732. The first-order chi connectivity index (χ1) is 14.5. The lowest BCUT2D eigenvalue weighted by atomic mass is 10.1. The Morgan fingerprint density at radius 2 is 1.57 bits per heavy atom. The smallest absolute Gasteiger partial charge is 0.295 e. The van der Waals surface area contributed by atoms with E-state index in [2.05, 4.69) is 4.98 Å². The minimum absolute atomic E-state index is 0.0986. The number of nitrogens with zero attached hydrogens (tertiary/aromatic N) is 3. The number of nitro groups is 1. The second-order valence-corrected chi connectivity index (χ2v) is 6.94. The maximum Gasteiger partial charge on any atom is 0.295 e. The van der Waals surface area contributed by atoms with Crippen LogP contribution in [0, 0.1) is 10.1 Å². The first kappa shape index (κ1) is 19.3. The standard InChI is InChI=1S/C21H18N4O5/c26-19(16-13-22-18-15(16)7-4-8-17(18)25(29)30)21(28)24-11-9-23(10-12-24)20(27)14-5-2-1-3-6-14/h1-8,13,22H,9-12H2. The molecule has 1 saturated heterocycles. The van der Waals surface area contributed by atoms with Gasteiger partial charge in [-0.25, -0.2) is 0 Å². The number of Topliss-reactive ketones (excluding diaryl/α,β-unsaturated/α-hetero) is 1. The first-order valence-corrected chi connectivity index (χ1v) is 9.40. The van der Waals surface area contributed by atoms with E-state index in [1.165, 1.54) is 23.2 Å². The number of hydrogen-bond donors (Lipinski definition) is 1. The summed E-state index contributed by atoms with van der Waals surface area (Å²) in [5.74, 6) is -1.53. The number of carbonyl (C=O) groups is 3. The number of benzene rings is 2. The van der Waals surface area contributed by atoms with Crippen molar-refractivity contribution in [3.05, 3.63) is 76.0 Å². The molecule has 0 spiro atoms. The van der Waals surface area contributed by atoms with Gasteiger partial charge in [-0.2, -0.15) is 0 Å². The average Bonchev–Trinajstić information content (AvgIpc) is 3.22. The van der Waals surface area contributed by atoms with Crippen LogP contribution in [0.5, 0.6) is 0 Å². The van der Waals surface area contributed by atoms with Crippen LogP contribution in [0.1, 0.15) is 20.7 Å². The number of para-hydroxylation sites is 1. The summed E-state index contributed by atoms with van der Waals surface area (Å²) in [6, 6.07) is 13.3. The van der Waals surface area contributed by atoms with Crippen LogP contribution in [0.4, 0.5) is 5.69 Å². The van der Waals surface area contributed by atoms with Crippen molar-refractivity contribution in [1.29, 1.82) is 0 Å². The van der Waals surface area contributed by atoms with E-state index < -0.39 is 16.6 Å². The van der Waals surface area contributed by atoms with E-state index in [9.17, 15) is 24.5 Å². The van der Waals surface area contributed by atoms with Crippen LogP contribution in [0.3, 0.4) is 0 Å². The lowest BCUT2D eigenvalue weighted by Gasteiger charge is -2.34. The Morgan fingerprint density at radius 3 is 2.23 bits per heavy atom. The van der Waals surface area contributed by atoms with E-state index in [0.29, 0.717) is 24.0 Å². The summed E-state index contributed by atoms with van der Waals surface area (Å²) in [6.45, 7) is 1.13. The fourth-order valence-corrected chi connectivity index (χ4v) is 3.61. The van der Waals surface area contributed by atoms with Gasteiger partial charge in [0.2, 0.25) is 0 Å².